The molecule has 2 aliphatic heterocycles. The maximum atomic E-state index is 11.1. The second-order valence-corrected chi connectivity index (χ2v) is 4.61. The van der Waals surface area contributed by atoms with Gasteiger partial charge >= 0.3 is 6.03 Å². The second-order valence-electron chi connectivity index (χ2n) is 4.61. The number of aromatic nitrogens is 1. The molecule has 5 nitrogen and oxygen atoms in total. The van der Waals surface area contributed by atoms with Crippen molar-refractivity contribution in [2.75, 3.05) is 13.1 Å². The molecule has 0 aliphatic carbocycles. The lowest BCUT2D eigenvalue weighted by molar-refractivity contribution is 0.183. The van der Waals surface area contributed by atoms with Crippen molar-refractivity contribution in [3.8, 4) is 0 Å². The normalized spacial score (nSPS) is 20.6. The molecular formula is C12H14N4O. The van der Waals surface area contributed by atoms with E-state index in [-0.39, 0.29) is 11.4 Å². The Labute approximate surface area is 99.4 Å². The van der Waals surface area contributed by atoms with E-state index >= 15 is 0 Å². The smallest absolute Gasteiger partial charge is 0.314 e. The molecule has 1 spiro atoms. The summed E-state index contributed by atoms with van der Waals surface area (Å²) in [5.74, 6) is 0.819. The summed E-state index contributed by atoms with van der Waals surface area (Å²) in [5.41, 5.74) is 6.44. The lowest BCUT2D eigenvalue weighted by Gasteiger charge is -2.37. The number of fused-ring (bicyclic) bond motifs is 2. The summed E-state index contributed by atoms with van der Waals surface area (Å²) in [6.07, 6.45) is 5.49. The Balaban J connectivity index is 1.87. The van der Waals surface area contributed by atoms with Gasteiger partial charge in [-0.1, -0.05) is 6.07 Å². The van der Waals surface area contributed by atoms with Crippen LogP contribution >= 0.6 is 0 Å². The predicted octanol–water partition coefficient (Wildman–Crippen LogP) is 1.21. The molecule has 3 heterocycles. The van der Waals surface area contributed by atoms with Gasteiger partial charge in [0, 0.05) is 36.5 Å². The standard InChI is InChI=1S/C12H14N4O/c13-11(17)16-6-3-12(4-7-16)8-15-10-9(12)2-1-5-14-10/h1-2,5,8H,3-4,6-7H2,(H2,13,17). The van der Waals surface area contributed by atoms with E-state index < -0.39 is 0 Å². The van der Waals surface area contributed by atoms with Crippen molar-refractivity contribution in [1.82, 2.24) is 9.88 Å². The largest absolute Gasteiger partial charge is 0.351 e. The van der Waals surface area contributed by atoms with Gasteiger partial charge in [-0.05, 0) is 18.9 Å². The van der Waals surface area contributed by atoms with Gasteiger partial charge in [0.25, 0.3) is 0 Å². The summed E-state index contributed by atoms with van der Waals surface area (Å²) in [6, 6.07) is 3.69. The van der Waals surface area contributed by atoms with Crippen LogP contribution in [0.1, 0.15) is 18.4 Å². The molecular weight excluding hydrogens is 216 g/mol. The van der Waals surface area contributed by atoms with Crippen LogP contribution in [0.5, 0.6) is 0 Å². The van der Waals surface area contributed by atoms with Crippen LogP contribution in [0.3, 0.4) is 0 Å². The monoisotopic (exact) mass is 230 g/mol. The van der Waals surface area contributed by atoms with Crippen molar-refractivity contribution in [2.24, 2.45) is 10.7 Å². The number of urea groups is 1. The molecule has 1 fully saturated rings. The van der Waals surface area contributed by atoms with Gasteiger partial charge in [0.2, 0.25) is 0 Å². The summed E-state index contributed by atoms with van der Waals surface area (Å²) < 4.78 is 0. The van der Waals surface area contributed by atoms with Crippen LogP contribution in [0.15, 0.2) is 23.3 Å². The predicted molar refractivity (Wildman–Crippen MR) is 64.5 cm³/mol. The lowest BCUT2D eigenvalue weighted by Crippen LogP contribution is -2.47. The van der Waals surface area contributed by atoms with Gasteiger partial charge < -0.3 is 10.6 Å². The first-order chi connectivity index (χ1) is 8.21. The highest BCUT2D eigenvalue weighted by atomic mass is 16.2. The Kier molecular flexibility index (Phi) is 2.14. The van der Waals surface area contributed by atoms with E-state index in [9.17, 15) is 4.79 Å². The zero-order chi connectivity index (χ0) is 11.9. The highest BCUT2D eigenvalue weighted by Gasteiger charge is 2.40. The zero-order valence-corrected chi connectivity index (χ0v) is 9.47. The van der Waals surface area contributed by atoms with Crippen molar-refractivity contribution in [3.63, 3.8) is 0 Å². The number of pyridine rings is 1. The number of nitrogens with zero attached hydrogens (tertiary/aromatic N) is 3. The van der Waals surface area contributed by atoms with Crippen molar-refractivity contribution in [3.05, 3.63) is 23.9 Å². The first kappa shape index (κ1) is 10.3. The van der Waals surface area contributed by atoms with E-state index in [2.05, 4.69) is 16.0 Å². The van der Waals surface area contributed by atoms with Crippen LogP contribution in [0.25, 0.3) is 0 Å². The fourth-order valence-electron chi connectivity index (χ4n) is 2.67. The molecule has 1 aromatic heterocycles. The second kappa shape index (κ2) is 3.55. The molecule has 88 valence electrons. The summed E-state index contributed by atoms with van der Waals surface area (Å²) in [6.45, 7) is 1.38. The van der Waals surface area contributed by atoms with E-state index in [1.807, 2.05) is 12.3 Å². The third-order valence-corrected chi connectivity index (χ3v) is 3.72. The molecule has 1 aromatic rings. The number of likely N-dealkylation sites (tertiary alicyclic amines) is 1. The van der Waals surface area contributed by atoms with E-state index in [0.717, 1.165) is 18.7 Å². The van der Waals surface area contributed by atoms with E-state index in [1.165, 1.54) is 5.56 Å². The number of carbonyl (C=O) groups excluding carboxylic acids is 1. The van der Waals surface area contributed by atoms with E-state index in [1.54, 1.807) is 11.1 Å². The molecule has 2 aliphatic rings. The number of carbonyl (C=O) groups is 1. The average molecular weight is 230 g/mol. The molecule has 3 rings (SSSR count). The molecule has 2 amide bonds. The Morgan fingerprint density at radius 1 is 1.41 bits per heavy atom. The highest BCUT2D eigenvalue weighted by Crippen LogP contribution is 2.42. The Morgan fingerprint density at radius 2 is 2.18 bits per heavy atom. The number of aliphatic imine (C=N–C) groups is 1. The minimum atomic E-state index is -0.332. The van der Waals surface area contributed by atoms with Crippen LogP contribution in [0, 0.1) is 0 Å². The molecule has 0 unspecified atom stereocenters. The van der Waals surface area contributed by atoms with Gasteiger partial charge in [0.1, 0.15) is 0 Å². The molecule has 0 bridgehead atoms. The number of rotatable bonds is 0. The SMILES string of the molecule is NC(=O)N1CCC2(C=Nc3ncccc32)CC1. The minimum Gasteiger partial charge on any atom is -0.351 e. The topological polar surface area (TPSA) is 71.6 Å². The van der Waals surface area contributed by atoms with Gasteiger partial charge in [-0.3, -0.25) is 0 Å². The fraction of sp³-hybridized carbons (Fsp3) is 0.417. The quantitative estimate of drug-likeness (QED) is 0.727. The van der Waals surface area contributed by atoms with Crippen LogP contribution in [0.4, 0.5) is 10.6 Å². The van der Waals surface area contributed by atoms with Crippen LogP contribution < -0.4 is 5.73 Å². The number of hydrogen-bond acceptors (Lipinski definition) is 3. The number of amides is 2. The molecule has 2 N–H and O–H groups in total. The fourth-order valence-corrected chi connectivity index (χ4v) is 2.67. The number of primary amides is 1. The van der Waals surface area contributed by atoms with Crippen LogP contribution in [-0.4, -0.2) is 35.2 Å². The van der Waals surface area contributed by atoms with Crippen molar-refractivity contribution in [1.29, 1.82) is 0 Å². The summed E-state index contributed by atoms with van der Waals surface area (Å²) in [5, 5.41) is 0. The third-order valence-electron chi connectivity index (χ3n) is 3.72. The average Bonchev–Trinajstić information content (AvgIpc) is 2.70. The molecule has 1 saturated heterocycles. The Morgan fingerprint density at radius 3 is 2.88 bits per heavy atom. The van der Waals surface area contributed by atoms with E-state index in [0.29, 0.717) is 13.1 Å². The number of nitrogens with two attached hydrogens (primary N) is 1. The molecule has 5 heteroatoms. The van der Waals surface area contributed by atoms with E-state index in [4.69, 9.17) is 5.73 Å². The third kappa shape index (κ3) is 1.50. The Hall–Kier alpha value is -1.91. The van der Waals surface area contributed by atoms with Crippen molar-refractivity contribution >= 4 is 18.1 Å². The first-order valence-corrected chi connectivity index (χ1v) is 5.76. The molecule has 0 atom stereocenters. The van der Waals surface area contributed by atoms with Gasteiger partial charge in [-0.2, -0.15) is 0 Å². The summed E-state index contributed by atoms with van der Waals surface area (Å²) in [7, 11) is 0. The van der Waals surface area contributed by atoms with Crippen molar-refractivity contribution < 1.29 is 4.79 Å². The molecule has 0 saturated carbocycles. The highest BCUT2D eigenvalue weighted by molar-refractivity contribution is 5.84. The van der Waals surface area contributed by atoms with Crippen molar-refractivity contribution in [2.45, 2.75) is 18.3 Å². The van der Waals surface area contributed by atoms with Gasteiger partial charge in [-0.15, -0.1) is 0 Å². The summed E-state index contributed by atoms with van der Waals surface area (Å²) >= 11 is 0. The number of piperidine rings is 1. The molecule has 0 radical (unpaired) electrons. The molecule has 17 heavy (non-hydrogen) atoms. The number of hydrogen-bond donors (Lipinski definition) is 1. The lowest BCUT2D eigenvalue weighted by atomic mass is 9.75. The zero-order valence-electron chi connectivity index (χ0n) is 9.47. The first-order valence-electron chi connectivity index (χ1n) is 5.76. The minimum absolute atomic E-state index is 0.0322. The van der Waals surface area contributed by atoms with Gasteiger partial charge in [0.05, 0.1) is 0 Å². The maximum absolute atomic E-state index is 11.1. The van der Waals surface area contributed by atoms with Gasteiger partial charge in [0.15, 0.2) is 5.82 Å². The van der Waals surface area contributed by atoms with Crippen LogP contribution in [0.2, 0.25) is 0 Å². The Bertz CT molecular complexity index is 489. The van der Waals surface area contributed by atoms with Crippen LogP contribution in [-0.2, 0) is 5.41 Å². The van der Waals surface area contributed by atoms with Gasteiger partial charge in [-0.25, -0.2) is 14.8 Å². The summed E-state index contributed by atoms with van der Waals surface area (Å²) in [4.78, 5) is 21.4. The maximum Gasteiger partial charge on any atom is 0.314 e. The molecule has 0 aromatic carbocycles.